The van der Waals surface area contributed by atoms with Gasteiger partial charge in [-0.05, 0) is 89.9 Å². The number of carbonyl (C=O) groups excluding carboxylic acids is 2. The lowest BCUT2D eigenvalue weighted by molar-refractivity contribution is -0.143. The Hall–Kier alpha value is -2.18. The predicted octanol–water partition coefficient (Wildman–Crippen LogP) is 24.4. The van der Waals surface area contributed by atoms with Crippen molar-refractivity contribution in [2.45, 2.75) is 418 Å². The Morgan fingerprint density at radius 1 is 0.337 bits per heavy atom. The maximum Gasteiger partial charge on any atom is 0.305 e. The second kappa shape index (κ2) is 72.3. The molecular formula is C77H145NO5. The SMILES string of the molecule is CCCCCCC/C=C\CCCCCCCC(=O)OCCCCCCCCCCCCC/C=C\C/C=C\CCCCCCCCCCCCCCCCCCCC(=O)NC(CO)C(O)/C=C/CCCCCCCCCCCCCCCCC. The van der Waals surface area contributed by atoms with Gasteiger partial charge in [0.15, 0.2) is 0 Å². The molecule has 6 nitrogen and oxygen atoms in total. The van der Waals surface area contributed by atoms with Gasteiger partial charge in [-0.2, -0.15) is 0 Å². The second-order valence-corrected chi connectivity index (χ2v) is 25.6. The highest BCUT2D eigenvalue weighted by Gasteiger charge is 2.18. The first-order chi connectivity index (χ1) is 41.0. The van der Waals surface area contributed by atoms with Crippen molar-refractivity contribution in [2.75, 3.05) is 13.2 Å². The lowest BCUT2D eigenvalue weighted by Crippen LogP contribution is -2.45. The Labute approximate surface area is 518 Å². The van der Waals surface area contributed by atoms with Crippen molar-refractivity contribution in [1.29, 1.82) is 0 Å². The van der Waals surface area contributed by atoms with Crippen LogP contribution in [0.5, 0.6) is 0 Å². The fourth-order valence-corrected chi connectivity index (χ4v) is 11.6. The molecule has 1 amide bonds. The third-order valence-corrected chi connectivity index (χ3v) is 17.3. The summed E-state index contributed by atoms with van der Waals surface area (Å²) in [5, 5.41) is 23.2. The van der Waals surface area contributed by atoms with Crippen LogP contribution in [-0.2, 0) is 14.3 Å². The van der Waals surface area contributed by atoms with Crippen LogP contribution in [0.4, 0.5) is 0 Å². The average molecular weight is 1170 g/mol. The molecule has 0 aliphatic heterocycles. The largest absolute Gasteiger partial charge is 0.466 e. The molecule has 2 atom stereocenters. The van der Waals surface area contributed by atoms with Crippen LogP contribution < -0.4 is 5.32 Å². The molecule has 488 valence electrons. The smallest absolute Gasteiger partial charge is 0.305 e. The summed E-state index contributed by atoms with van der Waals surface area (Å²) < 4.78 is 5.49. The van der Waals surface area contributed by atoms with E-state index < -0.39 is 12.1 Å². The number of aliphatic hydroxyl groups excluding tert-OH is 2. The monoisotopic (exact) mass is 1160 g/mol. The zero-order valence-corrected chi connectivity index (χ0v) is 55.9. The van der Waals surface area contributed by atoms with Gasteiger partial charge in [0.05, 0.1) is 25.4 Å². The van der Waals surface area contributed by atoms with Crippen molar-refractivity contribution in [1.82, 2.24) is 5.32 Å². The Bertz CT molecular complexity index is 1390. The summed E-state index contributed by atoms with van der Waals surface area (Å²) >= 11 is 0. The number of esters is 1. The van der Waals surface area contributed by atoms with Gasteiger partial charge in [0.1, 0.15) is 0 Å². The highest BCUT2D eigenvalue weighted by Crippen LogP contribution is 2.18. The normalized spacial score (nSPS) is 12.8. The van der Waals surface area contributed by atoms with Gasteiger partial charge in [0.2, 0.25) is 5.91 Å². The maximum absolute atomic E-state index is 12.5. The van der Waals surface area contributed by atoms with Gasteiger partial charge in [-0.15, -0.1) is 0 Å². The van der Waals surface area contributed by atoms with E-state index in [0.29, 0.717) is 19.4 Å². The summed E-state index contributed by atoms with van der Waals surface area (Å²) in [6, 6.07) is -0.627. The van der Waals surface area contributed by atoms with Crippen LogP contribution in [0.25, 0.3) is 0 Å². The van der Waals surface area contributed by atoms with Crippen LogP contribution in [-0.4, -0.2) is 47.4 Å². The van der Waals surface area contributed by atoms with E-state index in [9.17, 15) is 19.8 Å². The van der Waals surface area contributed by atoms with Crippen molar-refractivity contribution in [2.24, 2.45) is 0 Å². The molecule has 3 N–H and O–H groups in total. The molecule has 0 spiro atoms. The van der Waals surface area contributed by atoms with Crippen molar-refractivity contribution in [3.05, 3.63) is 48.6 Å². The van der Waals surface area contributed by atoms with Gasteiger partial charge in [-0.25, -0.2) is 0 Å². The molecule has 0 heterocycles. The maximum atomic E-state index is 12.5. The van der Waals surface area contributed by atoms with Gasteiger partial charge < -0.3 is 20.3 Å². The van der Waals surface area contributed by atoms with Crippen LogP contribution in [0.15, 0.2) is 48.6 Å². The second-order valence-electron chi connectivity index (χ2n) is 25.6. The highest BCUT2D eigenvalue weighted by molar-refractivity contribution is 5.76. The Morgan fingerprint density at radius 3 is 0.928 bits per heavy atom. The average Bonchev–Trinajstić information content (AvgIpc) is 3.49. The molecule has 0 aromatic rings. The molecular weight excluding hydrogens is 1020 g/mol. The van der Waals surface area contributed by atoms with E-state index >= 15 is 0 Å². The van der Waals surface area contributed by atoms with Crippen LogP contribution in [0.3, 0.4) is 0 Å². The predicted molar refractivity (Wildman–Crippen MR) is 366 cm³/mol. The van der Waals surface area contributed by atoms with Crippen LogP contribution in [0.1, 0.15) is 406 Å². The van der Waals surface area contributed by atoms with Crippen molar-refractivity contribution >= 4 is 11.9 Å². The molecule has 0 aliphatic carbocycles. The first-order valence-electron chi connectivity index (χ1n) is 37.4. The number of carbonyl (C=O) groups is 2. The molecule has 0 saturated carbocycles. The summed E-state index contributed by atoms with van der Waals surface area (Å²) in [4.78, 5) is 24.6. The van der Waals surface area contributed by atoms with Crippen molar-refractivity contribution in [3.63, 3.8) is 0 Å². The molecule has 0 aromatic carbocycles. The molecule has 6 heteroatoms. The third-order valence-electron chi connectivity index (χ3n) is 17.3. The number of ether oxygens (including phenoxy) is 1. The molecule has 0 rings (SSSR count). The van der Waals surface area contributed by atoms with Crippen LogP contribution in [0, 0.1) is 0 Å². The van der Waals surface area contributed by atoms with Crippen molar-refractivity contribution < 1.29 is 24.5 Å². The lowest BCUT2D eigenvalue weighted by atomic mass is 10.0. The molecule has 0 bridgehead atoms. The third kappa shape index (κ3) is 68.8. The number of amides is 1. The first kappa shape index (κ1) is 80.8. The number of unbranched alkanes of at least 4 members (excludes halogenated alkanes) is 53. The fourth-order valence-electron chi connectivity index (χ4n) is 11.6. The first-order valence-corrected chi connectivity index (χ1v) is 37.4. The van der Waals surface area contributed by atoms with E-state index in [1.54, 1.807) is 6.08 Å². The molecule has 0 aliphatic rings. The van der Waals surface area contributed by atoms with Gasteiger partial charge in [0.25, 0.3) is 0 Å². The van der Waals surface area contributed by atoms with E-state index in [-0.39, 0.29) is 18.5 Å². The van der Waals surface area contributed by atoms with Gasteiger partial charge in [-0.3, -0.25) is 9.59 Å². The molecule has 0 saturated heterocycles. The molecule has 2 unspecified atom stereocenters. The van der Waals surface area contributed by atoms with Crippen LogP contribution in [0.2, 0.25) is 0 Å². The number of rotatable bonds is 70. The van der Waals surface area contributed by atoms with Gasteiger partial charge in [-0.1, -0.05) is 351 Å². The van der Waals surface area contributed by atoms with E-state index in [0.717, 1.165) is 51.4 Å². The zero-order valence-electron chi connectivity index (χ0n) is 55.9. The number of allylic oxidation sites excluding steroid dienone is 7. The molecule has 0 aromatic heterocycles. The number of nitrogens with one attached hydrogen (secondary N) is 1. The lowest BCUT2D eigenvalue weighted by Gasteiger charge is -2.20. The molecule has 0 fully saturated rings. The standard InChI is InChI=1S/C77H145NO5/c1-3-5-7-9-11-13-15-17-19-39-42-45-49-53-57-61-65-69-75(80)74(73-79)78-76(81)70-66-62-58-54-50-46-43-40-37-35-33-31-29-27-25-23-21-20-22-24-26-28-30-32-34-36-38-41-44-48-52-56-60-64-68-72-83-77(82)71-67-63-59-55-51-47-18-16-14-12-10-8-6-4-2/h16,18,22,24,28,30,65,69,74-75,79-80H,3-15,17,19-21,23,25-27,29,31-64,66-68,70-73H2,1-2H3,(H,78,81)/b18-16-,24-22-,30-28-,69-65+. The molecule has 0 radical (unpaired) electrons. The van der Waals surface area contributed by atoms with E-state index in [4.69, 9.17) is 4.74 Å². The molecule has 83 heavy (non-hydrogen) atoms. The summed E-state index contributed by atoms with van der Waals surface area (Å²) in [7, 11) is 0. The topological polar surface area (TPSA) is 95.9 Å². The zero-order chi connectivity index (χ0) is 59.9. The summed E-state index contributed by atoms with van der Waals surface area (Å²) in [6.07, 6.45) is 95.0. The number of hydrogen-bond acceptors (Lipinski definition) is 5. The summed E-state index contributed by atoms with van der Waals surface area (Å²) in [5.74, 6) is -0.0547. The van der Waals surface area contributed by atoms with Gasteiger partial charge in [0, 0.05) is 12.8 Å². The Morgan fingerprint density at radius 2 is 0.602 bits per heavy atom. The van der Waals surface area contributed by atoms with E-state index in [2.05, 4.69) is 55.6 Å². The Balaban J connectivity index is 3.39. The van der Waals surface area contributed by atoms with Gasteiger partial charge >= 0.3 is 5.97 Å². The van der Waals surface area contributed by atoms with Crippen molar-refractivity contribution in [3.8, 4) is 0 Å². The highest BCUT2D eigenvalue weighted by atomic mass is 16.5. The van der Waals surface area contributed by atoms with E-state index in [1.165, 1.54) is 327 Å². The number of hydrogen-bond donors (Lipinski definition) is 3. The van der Waals surface area contributed by atoms with Crippen LogP contribution >= 0.6 is 0 Å². The summed E-state index contributed by atoms with van der Waals surface area (Å²) in [5.41, 5.74) is 0. The van der Waals surface area contributed by atoms with E-state index in [1.807, 2.05) is 6.08 Å². The quantitative estimate of drug-likeness (QED) is 0.0320. The minimum atomic E-state index is -0.844. The minimum Gasteiger partial charge on any atom is -0.466 e. The fraction of sp³-hybridized carbons (Fsp3) is 0.870. The Kier molecular flexibility index (Phi) is 70.4. The number of aliphatic hydroxyl groups is 2. The minimum absolute atomic E-state index is 0.00819. The summed E-state index contributed by atoms with van der Waals surface area (Å²) in [6.45, 7) is 4.92.